The lowest BCUT2D eigenvalue weighted by Crippen LogP contribution is -2.49. The third-order valence-electron chi connectivity index (χ3n) is 5.35. The summed E-state index contributed by atoms with van der Waals surface area (Å²) in [7, 11) is 0. The van der Waals surface area contributed by atoms with E-state index >= 15 is 0 Å². The molecular formula is C21H21ClF2N2O4. The van der Waals surface area contributed by atoms with E-state index in [-0.39, 0.29) is 48.9 Å². The van der Waals surface area contributed by atoms with Crippen molar-refractivity contribution in [2.45, 2.75) is 18.4 Å². The van der Waals surface area contributed by atoms with E-state index in [1.807, 2.05) is 0 Å². The topological polar surface area (TPSA) is 71.0 Å². The first-order valence-corrected chi connectivity index (χ1v) is 10.0. The molecule has 1 saturated heterocycles. The van der Waals surface area contributed by atoms with Crippen LogP contribution in [0.1, 0.15) is 23.2 Å². The van der Waals surface area contributed by atoms with Crippen molar-refractivity contribution < 1.29 is 28.2 Å². The van der Waals surface area contributed by atoms with Crippen LogP contribution in [0.2, 0.25) is 5.02 Å². The summed E-state index contributed by atoms with van der Waals surface area (Å²) in [6.07, 6.45) is 0.511. The first-order valence-electron chi connectivity index (χ1n) is 9.64. The van der Waals surface area contributed by atoms with Crippen molar-refractivity contribution >= 4 is 23.2 Å². The second-order valence-corrected chi connectivity index (χ2v) is 7.89. The number of hydrogen-bond donors (Lipinski definition) is 2. The number of anilines is 1. The van der Waals surface area contributed by atoms with E-state index < -0.39 is 23.1 Å². The van der Waals surface area contributed by atoms with Gasteiger partial charge in [-0.2, -0.15) is 0 Å². The van der Waals surface area contributed by atoms with Gasteiger partial charge in [0.25, 0.3) is 5.91 Å². The highest BCUT2D eigenvalue weighted by molar-refractivity contribution is 6.32. The summed E-state index contributed by atoms with van der Waals surface area (Å²) in [5.41, 5.74) is -0.617. The molecule has 0 aliphatic carbocycles. The van der Waals surface area contributed by atoms with Crippen molar-refractivity contribution in [1.29, 1.82) is 0 Å². The Morgan fingerprint density at radius 3 is 2.77 bits per heavy atom. The Bertz CT molecular complexity index is 964. The molecule has 4 rings (SSSR count). The Labute approximate surface area is 177 Å². The molecule has 2 heterocycles. The maximum Gasteiger partial charge on any atom is 0.256 e. The molecule has 2 aliphatic rings. The number of likely N-dealkylation sites (tertiary alicyclic amines) is 1. The zero-order valence-electron chi connectivity index (χ0n) is 16.1. The second-order valence-electron chi connectivity index (χ2n) is 7.48. The molecule has 0 spiro atoms. The molecule has 1 amide bonds. The Hall–Kier alpha value is -2.58. The molecule has 0 atom stereocenters. The van der Waals surface area contributed by atoms with Gasteiger partial charge in [0.2, 0.25) is 0 Å². The van der Waals surface area contributed by atoms with Gasteiger partial charge in [0.05, 0.1) is 16.3 Å². The van der Waals surface area contributed by atoms with Crippen LogP contribution in [0.4, 0.5) is 14.5 Å². The standard InChI is InChI=1S/C21H21ClF2N2O4/c22-15-9-13(23)1-2-18(15)30-12-21(28)3-6-26(7-4-21)20(27)14-10-17-19(11-16(14)24)29-8-5-25-17/h1-2,9-11,25,28H,3-8,12H2. The fourth-order valence-electron chi connectivity index (χ4n) is 3.57. The summed E-state index contributed by atoms with van der Waals surface area (Å²) in [6.45, 7) is 1.47. The Kier molecular flexibility index (Phi) is 5.71. The number of carbonyl (C=O) groups is 1. The minimum atomic E-state index is -1.17. The van der Waals surface area contributed by atoms with E-state index in [2.05, 4.69) is 5.32 Å². The van der Waals surface area contributed by atoms with Crippen LogP contribution in [0, 0.1) is 11.6 Å². The molecular weight excluding hydrogens is 418 g/mol. The van der Waals surface area contributed by atoms with E-state index in [0.717, 1.165) is 6.07 Å². The van der Waals surface area contributed by atoms with E-state index in [4.69, 9.17) is 21.1 Å². The lowest BCUT2D eigenvalue weighted by atomic mass is 9.92. The number of amides is 1. The molecule has 2 aromatic rings. The van der Waals surface area contributed by atoms with Crippen LogP contribution in [0.25, 0.3) is 0 Å². The zero-order valence-corrected chi connectivity index (χ0v) is 16.8. The van der Waals surface area contributed by atoms with Gasteiger partial charge in [-0.1, -0.05) is 11.6 Å². The quantitative estimate of drug-likeness (QED) is 0.765. The number of nitrogens with zero attached hydrogens (tertiary/aromatic N) is 1. The van der Waals surface area contributed by atoms with E-state index in [0.29, 0.717) is 24.6 Å². The number of benzene rings is 2. The van der Waals surface area contributed by atoms with Gasteiger partial charge >= 0.3 is 0 Å². The predicted molar refractivity (Wildman–Crippen MR) is 107 cm³/mol. The number of nitrogens with one attached hydrogen (secondary N) is 1. The van der Waals surface area contributed by atoms with Crippen LogP contribution in [0.15, 0.2) is 30.3 Å². The molecule has 160 valence electrons. The third kappa shape index (κ3) is 4.29. The first-order chi connectivity index (χ1) is 14.3. The van der Waals surface area contributed by atoms with Gasteiger partial charge in [-0.05, 0) is 37.1 Å². The number of ether oxygens (including phenoxy) is 2. The zero-order chi connectivity index (χ0) is 21.3. The fourth-order valence-corrected chi connectivity index (χ4v) is 3.79. The highest BCUT2D eigenvalue weighted by Gasteiger charge is 2.36. The SMILES string of the molecule is O=C(c1cc2c(cc1F)OCCN2)N1CCC(O)(COc2ccc(F)cc2Cl)CC1. The highest BCUT2D eigenvalue weighted by Crippen LogP contribution is 2.32. The number of halogens is 3. The van der Waals surface area contributed by atoms with Gasteiger partial charge in [-0.25, -0.2) is 8.78 Å². The van der Waals surface area contributed by atoms with Crippen molar-refractivity contribution in [3.05, 3.63) is 52.6 Å². The largest absolute Gasteiger partial charge is 0.489 e. The third-order valence-corrected chi connectivity index (χ3v) is 5.64. The molecule has 0 aromatic heterocycles. The predicted octanol–water partition coefficient (Wildman–Crippen LogP) is 3.47. The van der Waals surface area contributed by atoms with E-state index in [1.54, 1.807) is 0 Å². The van der Waals surface area contributed by atoms with Gasteiger partial charge in [0.15, 0.2) is 0 Å². The van der Waals surface area contributed by atoms with E-state index in [9.17, 15) is 18.7 Å². The summed E-state index contributed by atoms with van der Waals surface area (Å²) in [5.74, 6) is -0.894. The molecule has 1 fully saturated rings. The summed E-state index contributed by atoms with van der Waals surface area (Å²) >= 11 is 5.94. The number of piperidine rings is 1. The van der Waals surface area contributed by atoms with Gasteiger partial charge < -0.3 is 24.8 Å². The van der Waals surface area contributed by atoms with Crippen LogP contribution in [-0.4, -0.2) is 54.4 Å². The molecule has 0 bridgehead atoms. The van der Waals surface area contributed by atoms with Crippen LogP contribution in [-0.2, 0) is 0 Å². The summed E-state index contributed by atoms with van der Waals surface area (Å²) in [5, 5.41) is 14.0. The number of aliphatic hydroxyl groups is 1. The molecule has 0 radical (unpaired) electrons. The first kappa shape index (κ1) is 20.7. The van der Waals surface area contributed by atoms with Crippen molar-refractivity contribution in [1.82, 2.24) is 4.90 Å². The maximum atomic E-state index is 14.4. The molecule has 9 heteroatoms. The number of hydrogen-bond acceptors (Lipinski definition) is 5. The fraction of sp³-hybridized carbons (Fsp3) is 0.381. The van der Waals surface area contributed by atoms with Crippen molar-refractivity contribution in [3.63, 3.8) is 0 Å². The van der Waals surface area contributed by atoms with Crippen LogP contribution >= 0.6 is 11.6 Å². The second kappa shape index (κ2) is 8.28. The van der Waals surface area contributed by atoms with Gasteiger partial charge in [-0.3, -0.25) is 4.79 Å². The minimum absolute atomic E-state index is 0.0356. The van der Waals surface area contributed by atoms with Crippen LogP contribution in [0.5, 0.6) is 11.5 Å². The molecule has 0 saturated carbocycles. The monoisotopic (exact) mass is 438 g/mol. The van der Waals surface area contributed by atoms with E-state index in [1.165, 1.54) is 29.2 Å². The smallest absolute Gasteiger partial charge is 0.256 e. The van der Waals surface area contributed by atoms with Gasteiger partial charge in [-0.15, -0.1) is 0 Å². The maximum absolute atomic E-state index is 14.4. The Morgan fingerprint density at radius 2 is 2.03 bits per heavy atom. The molecule has 2 aromatic carbocycles. The van der Waals surface area contributed by atoms with Crippen molar-refractivity contribution in [3.8, 4) is 11.5 Å². The average Bonchev–Trinajstić information content (AvgIpc) is 2.73. The number of carbonyl (C=O) groups excluding carboxylic acids is 1. The van der Waals surface area contributed by atoms with Gasteiger partial charge in [0.1, 0.15) is 41.9 Å². The average molecular weight is 439 g/mol. The number of rotatable bonds is 4. The molecule has 2 N–H and O–H groups in total. The van der Waals surface area contributed by atoms with Crippen LogP contribution < -0.4 is 14.8 Å². The molecule has 30 heavy (non-hydrogen) atoms. The summed E-state index contributed by atoms with van der Waals surface area (Å²) in [4.78, 5) is 14.3. The minimum Gasteiger partial charge on any atom is -0.489 e. The highest BCUT2D eigenvalue weighted by atomic mass is 35.5. The Morgan fingerprint density at radius 1 is 1.27 bits per heavy atom. The van der Waals surface area contributed by atoms with Crippen molar-refractivity contribution in [2.24, 2.45) is 0 Å². The Balaban J connectivity index is 1.38. The lowest BCUT2D eigenvalue weighted by Gasteiger charge is -2.38. The van der Waals surface area contributed by atoms with Crippen molar-refractivity contribution in [2.75, 3.05) is 38.2 Å². The lowest BCUT2D eigenvalue weighted by molar-refractivity contribution is -0.0475. The van der Waals surface area contributed by atoms with Crippen LogP contribution in [0.3, 0.4) is 0 Å². The summed E-state index contributed by atoms with van der Waals surface area (Å²) < 4.78 is 38.5. The normalized spacial score (nSPS) is 17.5. The molecule has 0 unspecified atom stereocenters. The molecule has 6 nitrogen and oxygen atoms in total. The summed E-state index contributed by atoms with van der Waals surface area (Å²) in [6, 6.07) is 6.44. The van der Waals surface area contributed by atoms with Gasteiger partial charge in [0, 0.05) is 25.7 Å². The molecule has 2 aliphatic heterocycles. The number of fused-ring (bicyclic) bond motifs is 1.